The number of carboxylic acids is 1. The number of rotatable bonds is 7. The number of carboxylic acid groups (broad SMARTS) is 1. The topological polar surface area (TPSA) is 68.9 Å². The van der Waals surface area contributed by atoms with E-state index in [0.717, 1.165) is 0 Å². The third-order valence-electron chi connectivity index (χ3n) is 2.89. The number of hydrogen-bond donors (Lipinski definition) is 1. The van der Waals surface area contributed by atoms with Crippen LogP contribution in [0.15, 0.2) is 47.1 Å². The van der Waals surface area contributed by atoms with Crippen molar-refractivity contribution in [2.75, 3.05) is 13.7 Å². The molecule has 0 aliphatic rings. The molecular formula is C15H16O5. The van der Waals surface area contributed by atoms with Gasteiger partial charge in [0.1, 0.15) is 12.4 Å². The molecule has 0 saturated heterocycles. The van der Waals surface area contributed by atoms with Crippen molar-refractivity contribution < 1.29 is 23.8 Å². The van der Waals surface area contributed by atoms with Gasteiger partial charge in [-0.05, 0) is 24.3 Å². The number of methoxy groups -OCH3 is 1. The predicted octanol–water partition coefficient (Wildman–Crippen LogP) is 2.61. The summed E-state index contributed by atoms with van der Waals surface area (Å²) >= 11 is 0. The van der Waals surface area contributed by atoms with Crippen LogP contribution in [0.1, 0.15) is 5.76 Å². The first kappa shape index (κ1) is 14.0. The largest absolute Gasteiger partial charge is 0.493 e. The lowest BCUT2D eigenvalue weighted by molar-refractivity contribution is -0.142. The van der Waals surface area contributed by atoms with Gasteiger partial charge >= 0.3 is 5.97 Å². The molecule has 0 aliphatic heterocycles. The molecule has 0 fully saturated rings. The summed E-state index contributed by atoms with van der Waals surface area (Å²) in [5, 5.41) is 9.22. The van der Waals surface area contributed by atoms with Crippen LogP contribution in [0.25, 0.3) is 0 Å². The second kappa shape index (κ2) is 6.65. The second-order valence-corrected chi connectivity index (χ2v) is 4.28. The molecule has 20 heavy (non-hydrogen) atoms. The van der Waals surface area contributed by atoms with Crippen LogP contribution in [0.2, 0.25) is 0 Å². The Morgan fingerprint density at radius 1 is 1.25 bits per heavy atom. The Morgan fingerprint density at radius 2 is 2.00 bits per heavy atom. The smallest absolute Gasteiger partial charge is 0.310 e. The quantitative estimate of drug-likeness (QED) is 0.841. The van der Waals surface area contributed by atoms with E-state index in [1.807, 2.05) is 6.07 Å². The zero-order chi connectivity index (χ0) is 14.4. The van der Waals surface area contributed by atoms with Crippen molar-refractivity contribution in [1.82, 2.24) is 0 Å². The van der Waals surface area contributed by atoms with Crippen molar-refractivity contribution in [3.63, 3.8) is 0 Å². The lowest BCUT2D eigenvalue weighted by Crippen LogP contribution is -2.23. The highest BCUT2D eigenvalue weighted by Crippen LogP contribution is 2.26. The van der Waals surface area contributed by atoms with Gasteiger partial charge in [0, 0.05) is 6.42 Å². The Kier molecular flexibility index (Phi) is 4.65. The molecule has 0 bridgehead atoms. The third-order valence-corrected chi connectivity index (χ3v) is 2.89. The summed E-state index contributed by atoms with van der Waals surface area (Å²) in [7, 11) is 1.54. The minimum atomic E-state index is -0.920. The van der Waals surface area contributed by atoms with E-state index < -0.39 is 11.9 Å². The van der Waals surface area contributed by atoms with Crippen molar-refractivity contribution in [3.8, 4) is 11.5 Å². The molecule has 1 N–H and O–H groups in total. The summed E-state index contributed by atoms with van der Waals surface area (Å²) in [5.41, 5.74) is 0. The highest BCUT2D eigenvalue weighted by atomic mass is 16.5. The highest BCUT2D eigenvalue weighted by Gasteiger charge is 2.21. The average Bonchev–Trinajstić information content (AvgIpc) is 2.96. The van der Waals surface area contributed by atoms with Gasteiger partial charge in [0.05, 0.1) is 19.3 Å². The van der Waals surface area contributed by atoms with Crippen LogP contribution in [0.5, 0.6) is 11.5 Å². The minimum absolute atomic E-state index is 0.0520. The molecule has 1 aromatic heterocycles. The van der Waals surface area contributed by atoms with Crippen molar-refractivity contribution in [1.29, 1.82) is 0 Å². The normalized spacial score (nSPS) is 11.8. The Morgan fingerprint density at radius 3 is 2.60 bits per heavy atom. The van der Waals surface area contributed by atoms with Crippen LogP contribution < -0.4 is 9.47 Å². The van der Waals surface area contributed by atoms with Gasteiger partial charge in [-0.2, -0.15) is 0 Å². The number of aliphatic carboxylic acids is 1. The fourth-order valence-electron chi connectivity index (χ4n) is 1.82. The lowest BCUT2D eigenvalue weighted by Gasteiger charge is -2.14. The van der Waals surface area contributed by atoms with E-state index in [-0.39, 0.29) is 13.0 Å². The van der Waals surface area contributed by atoms with Crippen molar-refractivity contribution >= 4 is 5.97 Å². The predicted molar refractivity (Wildman–Crippen MR) is 72.0 cm³/mol. The van der Waals surface area contributed by atoms with Crippen LogP contribution in [0, 0.1) is 5.92 Å². The van der Waals surface area contributed by atoms with Gasteiger partial charge in [-0.25, -0.2) is 0 Å². The molecule has 0 spiro atoms. The van der Waals surface area contributed by atoms with Crippen molar-refractivity contribution in [3.05, 3.63) is 48.4 Å². The van der Waals surface area contributed by atoms with E-state index in [9.17, 15) is 9.90 Å². The Bertz CT molecular complexity index is 547. The third kappa shape index (κ3) is 3.54. The summed E-state index contributed by atoms with van der Waals surface area (Å²) in [6, 6.07) is 10.6. The zero-order valence-electron chi connectivity index (χ0n) is 11.1. The molecule has 0 aliphatic carbocycles. The maximum atomic E-state index is 11.2. The molecule has 1 unspecified atom stereocenters. The summed E-state index contributed by atoms with van der Waals surface area (Å²) in [6.07, 6.45) is 1.81. The number of hydrogen-bond acceptors (Lipinski definition) is 4. The van der Waals surface area contributed by atoms with Crippen LogP contribution in [0.3, 0.4) is 0 Å². The Hall–Kier alpha value is -2.43. The Balaban J connectivity index is 2.00. The molecule has 1 atom stereocenters. The highest BCUT2D eigenvalue weighted by molar-refractivity contribution is 5.70. The Labute approximate surface area is 116 Å². The van der Waals surface area contributed by atoms with E-state index in [0.29, 0.717) is 17.3 Å². The molecule has 2 aromatic rings. The molecule has 1 heterocycles. The second-order valence-electron chi connectivity index (χ2n) is 4.28. The fraction of sp³-hybridized carbons (Fsp3) is 0.267. The van der Waals surface area contributed by atoms with Gasteiger partial charge in [0.25, 0.3) is 0 Å². The summed E-state index contributed by atoms with van der Waals surface area (Å²) in [4.78, 5) is 11.2. The number of benzene rings is 1. The first-order chi connectivity index (χ1) is 9.70. The number of para-hydroxylation sites is 2. The fourth-order valence-corrected chi connectivity index (χ4v) is 1.82. The van der Waals surface area contributed by atoms with Gasteiger partial charge in [-0.15, -0.1) is 0 Å². The monoisotopic (exact) mass is 276 g/mol. The maximum Gasteiger partial charge on any atom is 0.310 e. The van der Waals surface area contributed by atoms with E-state index in [4.69, 9.17) is 13.9 Å². The lowest BCUT2D eigenvalue weighted by atomic mass is 10.1. The molecule has 1 aromatic carbocycles. The van der Waals surface area contributed by atoms with Crippen LogP contribution in [-0.4, -0.2) is 24.8 Å². The van der Waals surface area contributed by atoms with Crippen LogP contribution in [-0.2, 0) is 11.2 Å². The molecule has 106 valence electrons. The summed E-state index contributed by atoms with van der Waals surface area (Å²) in [6.45, 7) is 0.0520. The first-order valence-electron chi connectivity index (χ1n) is 6.21. The van der Waals surface area contributed by atoms with Gasteiger partial charge in [0.2, 0.25) is 0 Å². The van der Waals surface area contributed by atoms with Crippen LogP contribution in [0.4, 0.5) is 0 Å². The first-order valence-corrected chi connectivity index (χ1v) is 6.21. The van der Waals surface area contributed by atoms with Gasteiger partial charge < -0.3 is 19.0 Å². The van der Waals surface area contributed by atoms with Crippen molar-refractivity contribution in [2.24, 2.45) is 5.92 Å². The number of carbonyl (C=O) groups is 1. The van der Waals surface area contributed by atoms with E-state index in [2.05, 4.69) is 0 Å². The van der Waals surface area contributed by atoms with Gasteiger partial charge in [-0.1, -0.05) is 12.1 Å². The molecule has 0 radical (unpaired) electrons. The van der Waals surface area contributed by atoms with Crippen LogP contribution >= 0.6 is 0 Å². The molecule has 5 nitrogen and oxygen atoms in total. The molecule has 0 saturated carbocycles. The number of furan rings is 1. The molecule has 0 amide bonds. The maximum absolute atomic E-state index is 11.2. The summed E-state index contributed by atoms with van der Waals surface area (Å²) in [5.74, 6) is 0.138. The summed E-state index contributed by atoms with van der Waals surface area (Å²) < 4.78 is 15.9. The standard InChI is InChI=1S/C15H16O5/c1-18-13-6-2-3-7-14(13)20-10-11(15(16)17)9-12-5-4-8-19-12/h2-8,11H,9-10H2,1H3,(H,16,17). The number of ether oxygens (including phenoxy) is 2. The van der Waals surface area contributed by atoms with E-state index >= 15 is 0 Å². The molecule has 2 rings (SSSR count). The SMILES string of the molecule is COc1ccccc1OCC(Cc1ccco1)C(=O)O. The van der Waals surface area contributed by atoms with E-state index in [1.54, 1.807) is 37.4 Å². The zero-order valence-corrected chi connectivity index (χ0v) is 11.1. The minimum Gasteiger partial charge on any atom is -0.493 e. The molecule has 5 heteroatoms. The molecular weight excluding hydrogens is 260 g/mol. The van der Waals surface area contributed by atoms with Crippen molar-refractivity contribution in [2.45, 2.75) is 6.42 Å². The van der Waals surface area contributed by atoms with Gasteiger partial charge in [-0.3, -0.25) is 4.79 Å². The van der Waals surface area contributed by atoms with E-state index in [1.165, 1.54) is 6.26 Å². The average molecular weight is 276 g/mol. The van der Waals surface area contributed by atoms with Gasteiger partial charge in [0.15, 0.2) is 11.5 Å².